The third-order valence-electron chi connectivity index (χ3n) is 14.2. The number of aliphatic hydroxyl groups is 1. The van der Waals surface area contributed by atoms with Crippen LogP contribution in [-0.2, 0) is 25.7 Å². The van der Waals surface area contributed by atoms with Gasteiger partial charge in [-0.3, -0.25) is 33.9 Å². The number of carbonyl (C=O) groups excluding carboxylic acids is 5. The minimum atomic E-state index is -0.921. The highest BCUT2D eigenvalue weighted by Gasteiger charge is 2.44. The van der Waals surface area contributed by atoms with Crippen molar-refractivity contribution in [1.29, 1.82) is 5.26 Å². The predicted molar refractivity (Wildman–Crippen MR) is 303 cm³/mol. The first-order valence-electron chi connectivity index (χ1n) is 26.8. The topological polar surface area (TPSA) is 248 Å². The number of hydrogen-bond acceptors (Lipinski definition) is 15. The van der Waals surface area contributed by atoms with Crippen LogP contribution >= 0.6 is 11.3 Å². The molecule has 5 amide bonds. The van der Waals surface area contributed by atoms with Gasteiger partial charge in [0.15, 0.2) is 5.82 Å². The molecular formula is C59H67FN12O7S. The Morgan fingerprint density at radius 3 is 2.40 bits per heavy atom. The van der Waals surface area contributed by atoms with Gasteiger partial charge in [-0.15, -0.1) is 11.3 Å². The quantitative estimate of drug-likeness (QED) is 0.0460. The SMILES string of the molecule is COc1cccc(F)c1-c1nccc(C(=O)Nc2ccc(-c3cnccc3C#N)cc2N2CCN(CC(=O)NCCCCCCC(=O)N[C@H](C(=O)N3C[C@H](O)CC3C(=O)NCc3ccc(-c4scnc4C)cc3)C(C)(C)C)CC2)n1. The molecule has 0 aliphatic carbocycles. The zero-order chi connectivity index (χ0) is 56.9. The van der Waals surface area contributed by atoms with Crippen molar-refractivity contribution in [2.45, 2.75) is 91.0 Å². The first-order chi connectivity index (χ1) is 38.5. The summed E-state index contributed by atoms with van der Waals surface area (Å²) in [6.45, 7) is 10.6. The molecule has 19 nitrogen and oxygen atoms in total. The molecular weight excluding hydrogens is 1040 g/mol. The Morgan fingerprint density at radius 2 is 1.68 bits per heavy atom. The van der Waals surface area contributed by atoms with Gasteiger partial charge in [-0.2, -0.15) is 5.26 Å². The minimum Gasteiger partial charge on any atom is -0.496 e. The highest BCUT2D eigenvalue weighted by molar-refractivity contribution is 7.13. The molecule has 21 heteroatoms. The number of aryl methyl sites for hydroxylation is 1. The Bertz CT molecular complexity index is 3230. The Kier molecular flexibility index (Phi) is 19.3. The number of nitriles is 1. The van der Waals surface area contributed by atoms with Crippen LogP contribution < -0.4 is 30.9 Å². The Labute approximate surface area is 469 Å². The largest absolute Gasteiger partial charge is 0.496 e. The summed E-state index contributed by atoms with van der Waals surface area (Å²) in [4.78, 5) is 91.7. The van der Waals surface area contributed by atoms with Crippen molar-refractivity contribution in [3.63, 3.8) is 0 Å². The van der Waals surface area contributed by atoms with Crippen molar-refractivity contribution in [3.05, 3.63) is 125 Å². The number of anilines is 2. The highest BCUT2D eigenvalue weighted by Crippen LogP contribution is 2.35. The van der Waals surface area contributed by atoms with Crippen molar-refractivity contribution in [2.24, 2.45) is 5.41 Å². The van der Waals surface area contributed by atoms with Crippen LogP contribution in [0.15, 0.2) is 96.9 Å². The molecule has 5 heterocycles. The van der Waals surface area contributed by atoms with Gasteiger partial charge in [0.05, 0.1) is 64.4 Å². The fourth-order valence-corrected chi connectivity index (χ4v) is 10.7. The van der Waals surface area contributed by atoms with Gasteiger partial charge in [0.2, 0.25) is 23.6 Å². The van der Waals surface area contributed by atoms with Gasteiger partial charge in [0, 0.05) is 82.8 Å². The van der Waals surface area contributed by atoms with Crippen LogP contribution in [0, 0.1) is 29.5 Å². The van der Waals surface area contributed by atoms with Gasteiger partial charge in [0.1, 0.15) is 29.3 Å². The lowest BCUT2D eigenvalue weighted by Gasteiger charge is -2.36. The highest BCUT2D eigenvalue weighted by atomic mass is 32.1. The summed E-state index contributed by atoms with van der Waals surface area (Å²) in [6, 6.07) is 21.2. The van der Waals surface area contributed by atoms with E-state index in [2.05, 4.69) is 57.1 Å². The summed E-state index contributed by atoms with van der Waals surface area (Å²) < 4.78 is 20.3. The molecule has 80 heavy (non-hydrogen) atoms. The molecule has 6 aromatic rings. The van der Waals surface area contributed by atoms with E-state index in [9.17, 15) is 38.7 Å². The number of hydrogen-bond donors (Lipinski definition) is 5. The fourth-order valence-electron chi connectivity index (χ4n) is 9.88. The van der Waals surface area contributed by atoms with E-state index in [1.165, 1.54) is 36.4 Å². The monoisotopic (exact) mass is 1110 g/mol. The van der Waals surface area contributed by atoms with Crippen LogP contribution in [0.4, 0.5) is 15.8 Å². The Morgan fingerprint density at radius 1 is 0.912 bits per heavy atom. The van der Waals surface area contributed by atoms with Crippen molar-refractivity contribution < 1.29 is 38.2 Å². The number of β-amino-alcohol motifs (C(OH)–C–C–N with tert-alkyl or cyclic N) is 1. The molecule has 8 rings (SSSR count). The number of thiazole rings is 1. The lowest BCUT2D eigenvalue weighted by Crippen LogP contribution is -2.57. The normalized spacial score (nSPS) is 15.9. The number of benzene rings is 3. The molecule has 1 unspecified atom stereocenters. The first kappa shape index (κ1) is 58.0. The number of nitrogens with zero attached hydrogens (tertiary/aromatic N) is 8. The molecule has 418 valence electrons. The second-order valence-electron chi connectivity index (χ2n) is 21.0. The van der Waals surface area contributed by atoms with Gasteiger partial charge in [0.25, 0.3) is 5.91 Å². The maximum Gasteiger partial charge on any atom is 0.274 e. The number of methoxy groups -OCH3 is 1. The smallest absolute Gasteiger partial charge is 0.274 e. The summed E-state index contributed by atoms with van der Waals surface area (Å²) in [6.07, 6.45) is 6.78. The molecule has 0 radical (unpaired) electrons. The summed E-state index contributed by atoms with van der Waals surface area (Å²) in [5, 5.41) is 32.4. The van der Waals surface area contributed by atoms with Gasteiger partial charge < -0.3 is 40.9 Å². The van der Waals surface area contributed by atoms with Gasteiger partial charge >= 0.3 is 0 Å². The zero-order valence-electron chi connectivity index (χ0n) is 45.6. The van der Waals surface area contributed by atoms with Crippen LogP contribution in [0.25, 0.3) is 33.0 Å². The molecule has 0 saturated carbocycles. The molecule has 2 aliphatic heterocycles. The lowest BCUT2D eigenvalue weighted by molar-refractivity contribution is -0.144. The molecule has 3 aromatic carbocycles. The van der Waals surface area contributed by atoms with Crippen LogP contribution in [-0.4, -0.2) is 135 Å². The summed E-state index contributed by atoms with van der Waals surface area (Å²) in [5.74, 6) is -2.11. The molecule has 2 aliphatic rings. The predicted octanol–water partition coefficient (Wildman–Crippen LogP) is 6.91. The number of piperazine rings is 1. The minimum absolute atomic E-state index is 0.00428. The van der Waals surface area contributed by atoms with Crippen molar-refractivity contribution in [1.82, 2.24) is 45.7 Å². The van der Waals surface area contributed by atoms with E-state index < -0.39 is 41.2 Å². The zero-order valence-corrected chi connectivity index (χ0v) is 46.4. The van der Waals surface area contributed by atoms with E-state index in [-0.39, 0.29) is 73.0 Å². The van der Waals surface area contributed by atoms with E-state index >= 15 is 0 Å². The van der Waals surface area contributed by atoms with Crippen LogP contribution in [0.5, 0.6) is 5.75 Å². The van der Waals surface area contributed by atoms with Crippen molar-refractivity contribution in [3.8, 4) is 44.8 Å². The van der Waals surface area contributed by atoms with Gasteiger partial charge in [-0.1, -0.05) is 70.0 Å². The van der Waals surface area contributed by atoms with Crippen LogP contribution in [0.1, 0.15) is 86.6 Å². The number of rotatable bonds is 21. The molecule has 5 N–H and O–H groups in total. The number of carbonyl (C=O) groups is 5. The Hall–Kier alpha value is -8.19. The average molecular weight is 1110 g/mol. The first-order valence-corrected chi connectivity index (χ1v) is 27.6. The maximum atomic E-state index is 15.0. The number of pyridine rings is 1. The molecule has 0 spiro atoms. The Balaban J connectivity index is 0.776. The van der Waals surface area contributed by atoms with E-state index in [0.29, 0.717) is 68.1 Å². The maximum absolute atomic E-state index is 15.0. The van der Waals surface area contributed by atoms with Crippen molar-refractivity contribution >= 4 is 52.2 Å². The van der Waals surface area contributed by atoms with Gasteiger partial charge in [-0.25, -0.2) is 19.3 Å². The summed E-state index contributed by atoms with van der Waals surface area (Å²) >= 11 is 1.57. The van der Waals surface area contributed by atoms with E-state index in [1.54, 1.807) is 48.0 Å². The van der Waals surface area contributed by atoms with Crippen molar-refractivity contribution in [2.75, 3.05) is 63.1 Å². The van der Waals surface area contributed by atoms with E-state index in [4.69, 9.17) is 4.74 Å². The molecule has 2 fully saturated rings. The number of nitrogens with one attached hydrogen (secondary N) is 4. The number of aliphatic hydroxyl groups excluding tert-OH is 1. The molecule has 2 saturated heterocycles. The standard InChI is InChI=1S/C59H67FN12O7S/c1-37-53(80-36-66-37)39-16-14-38(15-17-39)32-65-57(77)48-30-42(73)34-72(48)58(78)54(59(2,3)4)69-50(74)13-8-6-7-9-22-63-51(75)35-70-25-27-71(28-26-70)47-29-40(43-33-62-23-20-41(43)31-61)18-19-45(47)68-56(76)46-21-24-64-55(67-46)52-44(60)11-10-12-49(52)79-5/h10-12,14-21,23-24,29,33,36,42,48,54,73H,6-9,13,22,25-28,30,32,34-35H2,1-5H3,(H,63,75)(H,65,77)(H,68,76)(H,69,74)/t42-,48?,54-/m1/s1. The molecule has 3 atom stereocenters. The summed E-state index contributed by atoms with van der Waals surface area (Å²) in [5.41, 5.74) is 7.01. The molecule has 0 bridgehead atoms. The second-order valence-corrected chi connectivity index (χ2v) is 21.9. The lowest BCUT2D eigenvalue weighted by atomic mass is 9.85. The second kappa shape index (κ2) is 26.6. The number of halogens is 1. The number of unbranched alkanes of at least 4 members (excludes halogenated alkanes) is 3. The van der Waals surface area contributed by atoms with E-state index in [0.717, 1.165) is 40.1 Å². The average Bonchev–Trinajstić information content (AvgIpc) is 4.12. The van der Waals surface area contributed by atoms with Crippen LogP contribution in [0.2, 0.25) is 0 Å². The fraction of sp³-hybridized carbons (Fsp3) is 0.390. The van der Waals surface area contributed by atoms with Crippen LogP contribution in [0.3, 0.4) is 0 Å². The third kappa shape index (κ3) is 14.5. The number of amides is 5. The number of aromatic nitrogens is 4. The van der Waals surface area contributed by atoms with Gasteiger partial charge in [-0.05, 0) is 78.3 Å². The summed E-state index contributed by atoms with van der Waals surface area (Å²) in [7, 11) is 1.41. The molecule has 3 aromatic heterocycles. The number of ether oxygens (including phenoxy) is 1. The third-order valence-corrected chi connectivity index (χ3v) is 15.2. The number of likely N-dealkylation sites (tertiary alicyclic amines) is 1. The van der Waals surface area contributed by atoms with E-state index in [1.807, 2.05) is 63.5 Å².